The molecule has 130 valence electrons. The quantitative estimate of drug-likeness (QED) is 0.688. The Morgan fingerprint density at radius 3 is 2.62 bits per heavy atom. The Balaban J connectivity index is 2.10. The van der Waals surface area contributed by atoms with Crippen LogP contribution in [0.4, 0.5) is 13.2 Å². The third-order valence-corrected chi connectivity index (χ3v) is 4.76. The Hall–Kier alpha value is -1.82. The summed E-state index contributed by atoms with van der Waals surface area (Å²) in [5, 5.41) is 3.96. The van der Waals surface area contributed by atoms with Crippen LogP contribution in [0.25, 0.3) is 0 Å². The van der Waals surface area contributed by atoms with Crippen molar-refractivity contribution in [3.8, 4) is 0 Å². The molecule has 0 bridgehead atoms. The van der Waals surface area contributed by atoms with Gasteiger partial charge in [0.2, 0.25) is 5.91 Å². The van der Waals surface area contributed by atoms with Gasteiger partial charge in [0.1, 0.15) is 0 Å². The third kappa shape index (κ3) is 4.60. The van der Waals surface area contributed by atoms with Crippen LogP contribution in [0.5, 0.6) is 0 Å². The van der Waals surface area contributed by atoms with Gasteiger partial charge in [-0.05, 0) is 60.4 Å². The molecule has 2 aromatic rings. The van der Waals surface area contributed by atoms with E-state index in [9.17, 15) is 18.0 Å². The Morgan fingerprint density at radius 2 is 2.04 bits per heavy atom. The molecule has 2 nitrogen and oxygen atoms in total. The monoisotopic (exact) mass is 355 g/mol. The van der Waals surface area contributed by atoms with E-state index in [-0.39, 0.29) is 5.91 Å². The second-order valence-electron chi connectivity index (χ2n) is 5.61. The number of halogens is 3. The molecule has 0 radical (unpaired) electrons. The maximum atomic E-state index is 12.9. The minimum Gasteiger partial charge on any atom is -0.336 e. The zero-order valence-corrected chi connectivity index (χ0v) is 14.5. The van der Waals surface area contributed by atoms with Gasteiger partial charge < -0.3 is 4.90 Å². The molecular weight excluding hydrogens is 335 g/mol. The summed E-state index contributed by atoms with van der Waals surface area (Å²) in [7, 11) is 0. The van der Waals surface area contributed by atoms with Crippen molar-refractivity contribution in [1.82, 2.24) is 4.90 Å². The Labute approximate surface area is 143 Å². The van der Waals surface area contributed by atoms with Crippen molar-refractivity contribution in [2.24, 2.45) is 0 Å². The lowest BCUT2D eigenvalue weighted by atomic mass is 10.0. The van der Waals surface area contributed by atoms with Crippen molar-refractivity contribution in [3.63, 3.8) is 0 Å². The fourth-order valence-electron chi connectivity index (χ4n) is 2.65. The predicted octanol–water partition coefficient (Wildman–Crippen LogP) is 5.31. The second kappa shape index (κ2) is 7.83. The largest absolute Gasteiger partial charge is 0.416 e. The fourth-order valence-corrected chi connectivity index (χ4v) is 3.35. The van der Waals surface area contributed by atoms with Gasteiger partial charge in [0.25, 0.3) is 0 Å². The van der Waals surface area contributed by atoms with Crippen LogP contribution in [0.2, 0.25) is 0 Å². The minimum atomic E-state index is -4.38. The van der Waals surface area contributed by atoms with E-state index in [2.05, 4.69) is 0 Å². The van der Waals surface area contributed by atoms with Crippen molar-refractivity contribution >= 4 is 17.2 Å². The fraction of sp³-hybridized carbons (Fsp3) is 0.389. The van der Waals surface area contributed by atoms with Crippen LogP contribution < -0.4 is 0 Å². The van der Waals surface area contributed by atoms with Crippen LogP contribution in [0.1, 0.15) is 43.0 Å². The molecular formula is C18H20F3NOS. The van der Waals surface area contributed by atoms with Gasteiger partial charge in [-0.15, -0.1) is 0 Å². The topological polar surface area (TPSA) is 20.3 Å². The maximum absolute atomic E-state index is 12.9. The highest BCUT2D eigenvalue weighted by Gasteiger charge is 2.31. The molecule has 0 aliphatic rings. The number of amides is 1. The smallest absolute Gasteiger partial charge is 0.336 e. The number of alkyl halides is 3. The first kappa shape index (κ1) is 18.5. The molecule has 0 spiro atoms. The molecule has 0 aliphatic heterocycles. The number of rotatable bonds is 6. The lowest BCUT2D eigenvalue weighted by molar-refractivity contribution is -0.137. The summed E-state index contributed by atoms with van der Waals surface area (Å²) >= 11 is 1.58. The summed E-state index contributed by atoms with van der Waals surface area (Å²) in [5.74, 6) is -0.0476. The molecule has 0 saturated heterocycles. The van der Waals surface area contributed by atoms with E-state index in [1.165, 1.54) is 6.07 Å². The zero-order valence-electron chi connectivity index (χ0n) is 13.6. The average Bonchev–Trinajstić information content (AvgIpc) is 3.06. The van der Waals surface area contributed by atoms with Gasteiger partial charge in [-0.25, -0.2) is 0 Å². The van der Waals surface area contributed by atoms with Crippen LogP contribution >= 0.6 is 11.3 Å². The number of thiophene rings is 1. The normalized spacial score (nSPS) is 12.9. The van der Waals surface area contributed by atoms with E-state index in [1.807, 2.05) is 23.8 Å². The lowest BCUT2D eigenvalue weighted by Gasteiger charge is -2.29. The van der Waals surface area contributed by atoms with Crippen molar-refractivity contribution in [3.05, 3.63) is 57.8 Å². The van der Waals surface area contributed by atoms with E-state index in [1.54, 1.807) is 29.2 Å². The molecule has 1 unspecified atom stereocenters. The standard InChI is InChI=1S/C18H20F3NOS/c1-3-22(17(23)8-7-14-9-10-24-12-14)13(2)15-5-4-6-16(11-15)18(19,20)21/h4-6,9-13H,3,7-8H2,1-2H3. The zero-order chi connectivity index (χ0) is 17.7. The van der Waals surface area contributed by atoms with E-state index in [0.29, 0.717) is 24.9 Å². The van der Waals surface area contributed by atoms with Gasteiger partial charge in [-0.2, -0.15) is 24.5 Å². The number of hydrogen-bond donors (Lipinski definition) is 0. The van der Waals surface area contributed by atoms with Gasteiger partial charge in [0.05, 0.1) is 11.6 Å². The SMILES string of the molecule is CCN(C(=O)CCc1ccsc1)C(C)c1cccc(C(F)(F)F)c1. The average molecular weight is 355 g/mol. The molecule has 1 amide bonds. The van der Waals surface area contributed by atoms with Gasteiger partial charge in [-0.3, -0.25) is 4.79 Å². The highest BCUT2D eigenvalue weighted by atomic mass is 32.1. The maximum Gasteiger partial charge on any atom is 0.416 e. The van der Waals surface area contributed by atoms with Crippen molar-refractivity contribution in [1.29, 1.82) is 0 Å². The molecule has 0 aliphatic carbocycles. The van der Waals surface area contributed by atoms with Crippen LogP contribution in [-0.4, -0.2) is 17.4 Å². The first-order valence-electron chi connectivity index (χ1n) is 7.80. The van der Waals surface area contributed by atoms with E-state index < -0.39 is 17.8 Å². The molecule has 1 aromatic heterocycles. The van der Waals surface area contributed by atoms with E-state index in [4.69, 9.17) is 0 Å². The highest BCUT2D eigenvalue weighted by Crippen LogP contribution is 2.32. The van der Waals surface area contributed by atoms with Crippen molar-refractivity contribution in [2.75, 3.05) is 6.54 Å². The molecule has 0 fully saturated rings. The Kier molecular flexibility index (Phi) is 6.04. The van der Waals surface area contributed by atoms with E-state index in [0.717, 1.165) is 17.7 Å². The molecule has 0 saturated carbocycles. The highest BCUT2D eigenvalue weighted by molar-refractivity contribution is 7.07. The predicted molar refractivity (Wildman–Crippen MR) is 89.9 cm³/mol. The van der Waals surface area contributed by atoms with Gasteiger partial charge in [-0.1, -0.05) is 12.1 Å². The molecule has 1 atom stereocenters. The summed E-state index contributed by atoms with van der Waals surface area (Å²) < 4.78 is 38.6. The van der Waals surface area contributed by atoms with Crippen LogP contribution in [0.15, 0.2) is 41.1 Å². The Bertz CT molecular complexity index is 667. The van der Waals surface area contributed by atoms with Gasteiger partial charge in [0.15, 0.2) is 0 Å². The summed E-state index contributed by atoms with van der Waals surface area (Å²) in [4.78, 5) is 14.1. The molecule has 24 heavy (non-hydrogen) atoms. The van der Waals surface area contributed by atoms with Gasteiger partial charge >= 0.3 is 6.18 Å². The number of carbonyl (C=O) groups excluding carboxylic acids is 1. The first-order chi connectivity index (χ1) is 11.3. The number of carbonyl (C=O) groups is 1. The molecule has 1 heterocycles. The van der Waals surface area contributed by atoms with Crippen molar-refractivity contribution < 1.29 is 18.0 Å². The van der Waals surface area contributed by atoms with Crippen LogP contribution in [0.3, 0.4) is 0 Å². The number of benzene rings is 1. The molecule has 6 heteroatoms. The third-order valence-electron chi connectivity index (χ3n) is 4.03. The van der Waals surface area contributed by atoms with E-state index >= 15 is 0 Å². The lowest BCUT2D eigenvalue weighted by Crippen LogP contribution is -2.33. The Morgan fingerprint density at radius 1 is 1.29 bits per heavy atom. The minimum absolute atomic E-state index is 0.0476. The summed E-state index contributed by atoms with van der Waals surface area (Å²) in [5.41, 5.74) is 0.917. The number of hydrogen-bond acceptors (Lipinski definition) is 2. The molecule has 2 rings (SSSR count). The second-order valence-corrected chi connectivity index (χ2v) is 6.39. The van der Waals surface area contributed by atoms with Crippen LogP contribution in [0, 0.1) is 0 Å². The summed E-state index contributed by atoms with van der Waals surface area (Å²) in [6.45, 7) is 4.06. The summed E-state index contributed by atoms with van der Waals surface area (Å²) in [6.07, 6.45) is -3.38. The van der Waals surface area contributed by atoms with Crippen molar-refractivity contribution in [2.45, 2.75) is 38.9 Å². The first-order valence-corrected chi connectivity index (χ1v) is 8.75. The van der Waals surface area contributed by atoms with Gasteiger partial charge in [0, 0.05) is 13.0 Å². The number of nitrogens with zero attached hydrogens (tertiary/aromatic N) is 1. The molecule has 0 N–H and O–H groups in total. The van der Waals surface area contributed by atoms with Crippen LogP contribution in [-0.2, 0) is 17.4 Å². The molecule has 1 aromatic carbocycles. The number of aryl methyl sites for hydroxylation is 1. The summed E-state index contributed by atoms with van der Waals surface area (Å²) in [6, 6.07) is 6.77.